The van der Waals surface area contributed by atoms with Crippen LogP contribution in [0.25, 0.3) is 10.8 Å². The Morgan fingerprint density at radius 1 is 1.08 bits per heavy atom. The quantitative estimate of drug-likeness (QED) is 0.816. The summed E-state index contributed by atoms with van der Waals surface area (Å²) in [7, 11) is 1.45. The molecule has 0 radical (unpaired) electrons. The van der Waals surface area contributed by atoms with Crippen LogP contribution in [0.1, 0.15) is 17.3 Å². The van der Waals surface area contributed by atoms with Gasteiger partial charge in [-0.15, -0.1) is 0 Å². The number of carbonyl (C=O) groups is 3. The third-order valence-corrected chi connectivity index (χ3v) is 3.21. The Kier molecular flexibility index (Phi) is 5.73. The third-order valence-electron chi connectivity index (χ3n) is 3.21. The van der Waals surface area contributed by atoms with E-state index < -0.39 is 24.5 Å². The minimum atomic E-state index is -0.714. The van der Waals surface area contributed by atoms with Crippen molar-refractivity contribution in [2.75, 3.05) is 20.3 Å². The van der Waals surface area contributed by atoms with Crippen molar-refractivity contribution in [1.29, 1.82) is 0 Å². The predicted molar refractivity (Wildman–Crippen MR) is 88.0 cm³/mol. The fraction of sp³-hybridized carbons (Fsp3) is 0.235. The number of nitrogens with one attached hydrogen (secondary N) is 2. The lowest BCUT2D eigenvalue weighted by molar-refractivity contribution is -0.123. The number of imide groups is 1. The van der Waals surface area contributed by atoms with Gasteiger partial charge in [-0.2, -0.15) is 0 Å². The van der Waals surface area contributed by atoms with Gasteiger partial charge in [0.2, 0.25) is 0 Å². The summed E-state index contributed by atoms with van der Waals surface area (Å²) in [6.45, 7) is 1.54. The van der Waals surface area contributed by atoms with E-state index in [2.05, 4.69) is 5.32 Å². The average molecular weight is 330 g/mol. The minimum Gasteiger partial charge on any atom is -0.496 e. The molecule has 0 saturated heterocycles. The van der Waals surface area contributed by atoms with Crippen molar-refractivity contribution in [3.63, 3.8) is 0 Å². The van der Waals surface area contributed by atoms with Gasteiger partial charge in [0, 0.05) is 6.54 Å². The van der Waals surface area contributed by atoms with Crippen molar-refractivity contribution in [1.82, 2.24) is 10.6 Å². The zero-order chi connectivity index (χ0) is 17.5. The number of urea groups is 1. The van der Waals surface area contributed by atoms with Crippen molar-refractivity contribution >= 4 is 28.7 Å². The molecular weight excluding hydrogens is 312 g/mol. The van der Waals surface area contributed by atoms with Crippen LogP contribution in [0.4, 0.5) is 4.79 Å². The Morgan fingerprint density at radius 3 is 2.38 bits per heavy atom. The summed E-state index contributed by atoms with van der Waals surface area (Å²) in [5.41, 5.74) is 0.210. The molecule has 2 aromatic rings. The number of rotatable bonds is 5. The van der Waals surface area contributed by atoms with Gasteiger partial charge in [-0.05, 0) is 29.8 Å². The SMILES string of the molecule is CCNC(=O)NC(=O)COC(=O)c1cc2ccccc2cc1OC. The number of ether oxygens (including phenoxy) is 2. The zero-order valence-corrected chi connectivity index (χ0v) is 13.4. The highest BCUT2D eigenvalue weighted by molar-refractivity contribution is 6.00. The van der Waals surface area contributed by atoms with Crippen LogP contribution in [-0.2, 0) is 9.53 Å². The summed E-state index contributed by atoms with van der Waals surface area (Å²) in [6.07, 6.45) is 0. The maximum Gasteiger partial charge on any atom is 0.342 e. The van der Waals surface area contributed by atoms with Crippen molar-refractivity contribution in [2.24, 2.45) is 0 Å². The van der Waals surface area contributed by atoms with Crippen LogP contribution in [0.2, 0.25) is 0 Å². The van der Waals surface area contributed by atoms with E-state index in [0.717, 1.165) is 10.8 Å². The van der Waals surface area contributed by atoms with E-state index in [0.29, 0.717) is 12.3 Å². The van der Waals surface area contributed by atoms with E-state index >= 15 is 0 Å². The lowest BCUT2D eigenvalue weighted by Gasteiger charge is -2.10. The van der Waals surface area contributed by atoms with E-state index in [1.807, 2.05) is 29.6 Å². The van der Waals surface area contributed by atoms with Crippen LogP contribution in [-0.4, -0.2) is 38.2 Å². The Morgan fingerprint density at radius 2 is 1.75 bits per heavy atom. The predicted octanol–water partition coefficient (Wildman–Crippen LogP) is 1.85. The van der Waals surface area contributed by atoms with Gasteiger partial charge >= 0.3 is 12.0 Å². The molecule has 0 aliphatic rings. The standard InChI is InChI=1S/C17H18N2O5/c1-3-18-17(22)19-15(20)10-24-16(21)13-8-11-6-4-5-7-12(11)9-14(13)23-2/h4-9H,3,10H2,1-2H3,(H2,18,19,20,22). The van der Waals surface area contributed by atoms with Gasteiger partial charge in [-0.1, -0.05) is 24.3 Å². The number of benzene rings is 2. The van der Waals surface area contributed by atoms with Crippen LogP contribution in [0.3, 0.4) is 0 Å². The molecule has 0 unspecified atom stereocenters. The zero-order valence-electron chi connectivity index (χ0n) is 13.4. The Bertz CT molecular complexity index is 773. The second-order valence-corrected chi connectivity index (χ2v) is 4.88. The highest BCUT2D eigenvalue weighted by Crippen LogP contribution is 2.26. The van der Waals surface area contributed by atoms with Gasteiger partial charge < -0.3 is 14.8 Å². The molecular formula is C17H18N2O5. The summed E-state index contributed by atoms with van der Waals surface area (Å²) < 4.78 is 10.2. The Hall–Kier alpha value is -3.09. The molecule has 0 spiro atoms. The first kappa shape index (κ1) is 17.3. The summed E-state index contributed by atoms with van der Waals surface area (Å²) in [6, 6.07) is 10.2. The Balaban J connectivity index is 2.08. The molecule has 0 aromatic heterocycles. The lowest BCUT2D eigenvalue weighted by atomic mass is 10.1. The molecule has 2 aromatic carbocycles. The molecule has 7 nitrogen and oxygen atoms in total. The van der Waals surface area contributed by atoms with Crippen LogP contribution < -0.4 is 15.4 Å². The molecule has 0 aliphatic heterocycles. The van der Waals surface area contributed by atoms with Crippen LogP contribution in [0, 0.1) is 0 Å². The number of esters is 1. The molecule has 0 bridgehead atoms. The van der Waals surface area contributed by atoms with Gasteiger partial charge in [-0.25, -0.2) is 9.59 Å². The van der Waals surface area contributed by atoms with E-state index in [4.69, 9.17) is 9.47 Å². The topological polar surface area (TPSA) is 93.7 Å². The van der Waals surface area contributed by atoms with Crippen LogP contribution in [0.15, 0.2) is 36.4 Å². The molecule has 0 saturated carbocycles. The number of carbonyl (C=O) groups excluding carboxylic acids is 3. The monoisotopic (exact) mass is 330 g/mol. The van der Waals surface area contributed by atoms with Crippen LogP contribution in [0.5, 0.6) is 5.75 Å². The molecule has 2 rings (SSSR count). The molecule has 7 heteroatoms. The van der Waals surface area contributed by atoms with Gasteiger partial charge in [-0.3, -0.25) is 10.1 Å². The highest BCUT2D eigenvalue weighted by Gasteiger charge is 2.17. The Labute approximate surface area is 138 Å². The van der Waals surface area contributed by atoms with E-state index in [9.17, 15) is 14.4 Å². The normalized spacial score (nSPS) is 10.1. The summed E-state index contributed by atoms with van der Waals surface area (Å²) in [4.78, 5) is 35.0. The maximum absolute atomic E-state index is 12.2. The number of fused-ring (bicyclic) bond motifs is 1. The van der Waals surface area contributed by atoms with Crippen molar-refractivity contribution in [2.45, 2.75) is 6.92 Å². The minimum absolute atomic E-state index is 0.210. The first-order valence-corrected chi connectivity index (χ1v) is 7.36. The van der Waals surface area contributed by atoms with Crippen LogP contribution >= 0.6 is 0 Å². The van der Waals surface area contributed by atoms with Gasteiger partial charge in [0.05, 0.1) is 7.11 Å². The van der Waals surface area contributed by atoms with E-state index in [1.54, 1.807) is 19.1 Å². The average Bonchev–Trinajstić information content (AvgIpc) is 2.58. The first-order valence-electron chi connectivity index (χ1n) is 7.36. The molecule has 3 amide bonds. The highest BCUT2D eigenvalue weighted by atomic mass is 16.5. The van der Waals surface area contributed by atoms with Crippen molar-refractivity contribution < 1.29 is 23.9 Å². The number of methoxy groups -OCH3 is 1. The second-order valence-electron chi connectivity index (χ2n) is 4.88. The molecule has 0 heterocycles. The van der Waals surface area contributed by atoms with E-state index in [-0.39, 0.29) is 5.56 Å². The molecule has 0 fully saturated rings. The molecule has 0 aliphatic carbocycles. The fourth-order valence-electron chi connectivity index (χ4n) is 2.12. The molecule has 0 atom stereocenters. The lowest BCUT2D eigenvalue weighted by Crippen LogP contribution is -2.41. The first-order chi connectivity index (χ1) is 11.5. The summed E-state index contributed by atoms with van der Waals surface area (Å²) in [5.74, 6) is -1.07. The number of hydrogen-bond acceptors (Lipinski definition) is 5. The number of hydrogen-bond donors (Lipinski definition) is 2. The third kappa shape index (κ3) is 4.22. The van der Waals surface area contributed by atoms with Gasteiger partial charge in [0.1, 0.15) is 11.3 Å². The van der Waals surface area contributed by atoms with Crippen molar-refractivity contribution in [3.8, 4) is 5.75 Å². The molecule has 24 heavy (non-hydrogen) atoms. The summed E-state index contributed by atoms with van der Waals surface area (Å²) in [5, 5.41) is 6.21. The molecule has 2 N–H and O–H groups in total. The second kappa shape index (κ2) is 7.96. The largest absolute Gasteiger partial charge is 0.496 e. The number of amides is 3. The van der Waals surface area contributed by atoms with Gasteiger partial charge in [0.15, 0.2) is 6.61 Å². The van der Waals surface area contributed by atoms with Gasteiger partial charge in [0.25, 0.3) is 5.91 Å². The summed E-state index contributed by atoms with van der Waals surface area (Å²) >= 11 is 0. The molecule has 126 valence electrons. The van der Waals surface area contributed by atoms with Crippen molar-refractivity contribution in [3.05, 3.63) is 42.0 Å². The maximum atomic E-state index is 12.2. The van der Waals surface area contributed by atoms with E-state index in [1.165, 1.54) is 7.11 Å². The smallest absolute Gasteiger partial charge is 0.342 e. The fourth-order valence-corrected chi connectivity index (χ4v) is 2.12.